The maximum atomic E-state index is 10.3. The van der Waals surface area contributed by atoms with E-state index < -0.39 is 60.9 Å². The molecule has 0 saturated carbocycles. The minimum absolute atomic E-state index is 0. The second-order valence-corrected chi connectivity index (χ2v) is 8.20. The number of hydrogen-bond donors (Lipinski definition) is 4. The molecular formula is C23H34O9WY-2. The van der Waals surface area contributed by atoms with Crippen molar-refractivity contribution in [1.82, 2.24) is 0 Å². The van der Waals surface area contributed by atoms with E-state index in [9.17, 15) is 20.4 Å². The Bertz CT molecular complexity index is 696. The molecule has 1 aromatic carbocycles. The van der Waals surface area contributed by atoms with Gasteiger partial charge in [0.15, 0.2) is 12.1 Å². The van der Waals surface area contributed by atoms with Crippen LogP contribution in [-0.2, 0) is 77.5 Å². The van der Waals surface area contributed by atoms with Crippen molar-refractivity contribution < 1.29 is 97.9 Å². The first kappa shape index (κ1) is 34.5. The van der Waals surface area contributed by atoms with Gasteiger partial charge in [0.05, 0.1) is 18.8 Å². The van der Waals surface area contributed by atoms with Crippen molar-refractivity contribution >= 4 is 0 Å². The molecule has 0 aromatic heterocycles. The molecule has 1 radical (unpaired) electrons. The largest absolute Gasteiger partial charge is 2.00 e. The summed E-state index contributed by atoms with van der Waals surface area (Å²) < 4.78 is 27.4. The van der Waals surface area contributed by atoms with E-state index in [1.165, 1.54) is 0 Å². The maximum absolute atomic E-state index is 10.3. The van der Waals surface area contributed by atoms with Crippen LogP contribution in [0.4, 0.5) is 0 Å². The smallest absolute Gasteiger partial charge is 0.569 e. The molecule has 1 aromatic rings. The van der Waals surface area contributed by atoms with Crippen LogP contribution in [0, 0.1) is 27.9 Å². The van der Waals surface area contributed by atoms with E-state index in [0.717, 1.165) is 12.2 Å². The van der Waals surface area contributed by atoms with E-state index in [0.29, 0.717) is 0 Å². The molecule has 3 saturated heterocycles. The standard InChI is InChI=1S/C15H24O9.C7H7.CH3.W.Y/c1-6-12(9(17)7(16)4-20-6)23-14-11(19)10(18)13-8(22-14)5-21-15(2,3)24-13;1-7-5-3-2-4-6-7;;;/h4,6-14,16-19H,1,5H2,2-3H3;2-6H,1H2;1H3;;/q-2;2*-1;+2;. The summed E-state index contributed by atoms with van der Waals surface area (Å²) in [5.41, 5.74) is 1.07. The molecule has 4 rings (SSSR count). The Labute approximate surface area is 241 Å². The van der Waals surface area contributed by atoms with Gasteiger partial charge in [-0.05, 0) is 20.0 Å². The van der Waals surface area contributed by atoms with Gasteiger partial charge in [0.2, 0.25) is 0 Å². The number of fused-ring (bicyclic) bond motifs is 1. The summed E-state index contributed by atoms with van der Waals surface area (Å²) in [4.78, 5) is 0. The fourth-order valence-corrected chi connectivity index (χ4v) is 3.50. The monoisotopic (exact) mass is 727 g/mol. The number of ether oxygens (including phenoxy) is 5. The van der Waals surface area contributed by atoms with Gasteiger partial charge in [0, 0.05) is 32.7 Å². The van der Waals surface area contributed by atoms with Gasteiger partial charge >= 0.3 is 21.1 Å². The quantitative estimate of drug-likeness (QED) is 0.321. The molecule has 191 valence electrons. The average molecular weight is 727 g/mol. The Morgan fingerprint density at radius 1 is 1.06 bits per heavy atom. The molecule has 11 heteroatoms. The molecule has 9 atom stereocenters. The number of aliphatic hydroxyl groups is 4. The van der Waals surface area contributed by atoms with Crippen molar-refractivity contribution in [2.24, 2.45) is 0 Å². The molecule has 4 N–H and O–H groups in total. The molecule has 3 fully saturated rings. The molecule has 3 heterocycles. The van der Waals surface area contributed by atoms with Crippen molar-refractivity contribution in [2.45, 2.75) is 74.8 Å². The number of hydrogen-bond acceptors (Lipinski definition) is 9. The molecule has 0 amide bonds. The zero-order valence-electron chi connectivity index (χ0n) is 19.6. The minimum Gasteiger partial charge on any atom is -0.569 e. The van der Waals surface area contributed by atoms with E-state index >= 15 is 0 Å². The maximum Gasteiger partial charge on any atom is 2.00 e. The van der Waals surface area contributed by atoms with Gasteiger partial charge in [-0.1, -0.05) is 12.2 Å². The molecule has 3 aliphatic rings. The zero-order chi connectivity index (χ0) is 22.8. The third kappa shape index (κ3) is 8.82. The summed E-state index contributed by atoms with van der Waals surface area (Å²) in [6.07, 6.45) is -9.78. The molecule has 0 aliphatic carbocycles. The van der Waals surface area contributed by atoms with Crippen LogP contribution in [0.5, 0.6) is 0 Å². The molecule has 34 heavy (non-hydrogen) atoms. The van der Waals surface area contributed by atoms with Crippen LogP contribution < -0.4 is 0 Å². The van der Waals surface area contributed by atoms with Crippen LogP contribution in [0.2, 0.25) is 0 Å². The summed E-state index contributed by atoms with van der Waals surface area (Å²) in [5.74, 6) is -0.898. The van der Waals surface area contributed by atoms with Crippen LogP contribution in [0.15, 0.2) is 30.3 Å². The number of rotatable bonds is 2. The van der Waals surface area contributed by atoms with Crippen LogP contribution in [0.1, 0.15) is 19.4 Å². The first-order chi connectivity index (χ1) is 14.6. The predicted molar refractivity (Wildman–Crippen MR) is 114 cm³/mol. The second-order valence-electron chi connectivity index (χ2n) is 8.20. The minimum atomic E-state index is -1.41. The summed E-state index contributed by atoms with van der Waals surface area (Å²) in [6, 6.07) is 9.87. The van der Waals surface area contributed by atoms with Gasteiger partial charge in [0.25, 0.3) is 0 Å². The topological polar surface area (TPSA) is 127 Å². The fourth-order valence-electron chi connectivity index (χ4n) is 3.50. The molecule has 3 aliphatic heterocycles. The predicted octanol–water partition coefficient (Wildman–Crippen LogP) is 0.400. The Hall–Kier alpha value is 0.522. The van der Waals surface area contributed by atoms with Crippen LogP contribution in [-0.4, -0.2) is 87.9 Å². The number of benzene rings is 1. The van der Waals surface area contributed by atoms with Crippen molar-refractivity contribution in [3.8, 4) is 0 Å². The van der Waals surface area contributed by atoms with Crippen LogP contribution in [0.3, 0.4) is 0 Å². The van der Waals surface area contributed by atoms with Gasteiger partial charge in [-0.15, -0.1) is 12.1 Å². The van der Waals surface area contributed by atoms with Gasteiger partial charge in [0.1, 0.15) is 24.4 Å². The van der Waals surface area contributed by atoms with E-state index in [4.69, 9.17) is 23.7 Å². The van der Waals surface area contributed by atoms with Gasteiger partial charge in [-0.3, -0.25) is 0 Å². The van der Waals surface area contributed by atoms with Gasteiger partial charge < -0.3 is 58.5 Å². The van der Waals surface area contributed by atoms with E-state index in [2.05, 4.69) is 13.8 Å². The summed E-state index contributed by atoms with van der Waals surface area (Å²) >= 11 is 0. The Morgan fingerprint density at radius 2 is 1.68 bits per heavy atom. The summed E-state index contributed by atoms with van der Waals surface area (Å²) in [6.45, 7) is 12.0. The summed E-state index contributed by atoms with van der Waals surface area (Å²) in [7, 11) is 0. The molecule has 0 bridgehead atoms. The summed E-state index contributed by atoms with van der Waals surface area (Å²) in [5, 5.41) is 40.3. The number of aliphatic hydroxyl groups excluding tert-OH is 4. The normalized spacial score (nSPS) is 38.4. The van der Waals surface area contributed by atoms with E-state index in [-0.39, 0.29) is 67.8 Å². The first-order valence-corrected chi connectivity index (χ1v) is 10.1. The zero-order valence-corrected chi connectivity index (χ0v) is 25.4. The van der Waals surface area contributed by atoms with Crippen LogP contribution in [0.25, 0.3) is 0 Å². The average Bonchev–Trinajstić information content (AvgIpc) is 2.73. The van der Waals surface area contributed by atoms with E-state index in [1.807, 2.05) is 30.3 Å². The first-order valence-electron chi connectivity index (χ1n) is 10.1. The molecule has 0 spiro atoms. The van der Waals surface area contributed by atoms with E-state index in [1.54, 1.807) is 13.8 Å². The van der Waals surface area contributed by atoms with Crippen molar-refractivity contribution in [3.63, 3.8) is 0 Å². The Morgan fingerprint density at radius 3 is 2.24 bits per heavy atom. The third-order valence-electron chi connectivity index (χ3n) is 5.24. The van der Waals surface area contributed by atoms with Gasteiger partial charge in [-0.25, -0.2) is 0 Å². The Balaban J connectivity index is 0.000000944. The molecule has 9 nitrogen and oxygen atoms in total. The molecular weight excluding hydrogens is 693 g/mol. The fraction of sp³-hybridized carbons (Fsp3) is 0.565. The second kappa shape index (κ2) is 15.1. The van der Waals surface area contributed by atoms with Crippen LogP contribution >= 0.6 is 0 Å². The SMILES string of the molecule is [CH2-]C1O[CH-]C(O)C(O)C1OC1OC2COC(C)(C)OC2C(O)C1O.[CH2-]c1ccccc1.[CH3-].[W+2].[Y]. The van der Waals surface area contributed by atoms with Crippen molar-refractivity contribution in [1.29, 1.82) is 0 Å². The third-order valence-corrected chi connectivity index (χ3v) is 5.24. The Kier molecular flexibility index (Phi) is 15.3. The van der Waals surface area contributed by atoms with Gasteiger partial charge in [-0.2, -0.15) is 31.2 Å². The van der Waals surface area contributed by atoms with Crippen molar-refractivity contribution in [2.75, 3.05) is 6.61 Å². The van der Waals surface area contributed by atoms with Crippen molar-refractivity contribution in [3.05, 3.63) is 63.8 Å². The molecule has 9 unspecified atom stereocenters.